The molecule has 104 valence electrons. The van der Waals surface area contributed by atoms with E-state index in [4.69, 9.17) is 5.73 Å². The summed E-state index contributed by atoms with van der Waals surface area (Å²) in [6.45, 7) is 6.26. The van der Waals surface area contributed by atoms with Gasteiger partial charge in [0.05, 0.1) is 5.41 Å². The highest BCUT2D eigenvalue weighted by Crippen LogP contribution is 2.13. The molecular weight excluding hydrogens is 244 g/mol. The van der Waals surface area contributed by atoms with E-state index in [-0.39, 0.29) is 12.5 Å². The molecule has 4 N–H and O–H groups in total. The van der Waals surface area contributed by atoms with Gasteiger partial charge in [0.15, 0.2) is 0 Å². The molecule has 6 heteroatoms. The number of rotatable bonds is 6. The van der Waals surface area contributed by atoms with Gasteiger partial charge in [0, 0.05) is 25.0 Å². The summed E-state index contributed by atoms with van der Waals surface area (Å²) in [5, 5.41) is 5.76. The molecule has 1 heterocycles. The summed E-state index contributed by atoms with van der Waals surface area (Å²) < 4.78 is 0. The number of pyridine rings is 1. The van der Waals surface area contributed by atoms with Crippen molar-refractivity contribution < 1.29 is 9.59 Å². The van der Waals surface area contributed by atoms with Gasteiger partial charge in [-0.3, -0.25) is 14.6 Å². The fourth-order valence-electron chi connectivity index (χ4n) is 1.35. The van der Waals surface area contributed by atoms with Crippen molar-refractivity contribution in [3.63, 3.8) is 0 Å². The number of anilines is 1. The zero-order valence-corrected chi connectivity index (χ0v) is 11.5. The van der Waals surface area contributed by atoms with Gasteiger partial charge in [-0.1, -0.05) is 0 Å². The average Bonchev–Trinajstić information content (AvgIpc) is 2.36. The Bertz CT molecular complexity index is 471. The Morgan fingerprint density at radius 2 is 2.11 bits per heavy atom. The fraction of sp³-hybridized carbons (Fsp3) is 0.462. The van der Waals surface area contributed by atoms with E-state index in [9.17, 15) is 9.59 Å². The first-order valence-electron chi connectivity index (χ1n) is 6.15. The summed E-state index contributed by atoms with van der Waals surface area (Å²) in [6.07, 6.45) is 1.56. The van der Waals surface area contributed by atoms with Gasteiger partial charge >= 0.3 is 0 Å². The third-order valence-electron chi connectivity index (χ3n) is 2.73. The van der Waals surface area contributed by atoms with Crippen molar-refractivity contribution >= 4 is 17.5 Å². The first-order valence-corrected chi connectivity index (χ1v) is 6.15. The highest BCUT2D eigenvalue weighted by Gasteiger charge is 2.25. The summed E-state index contributed by atoms with van der Waals surface area (Å²) in [6, 6.07) is 3.45. The summed E-state index contributed by atoms with van der Waals surface area (Å²) >= 11 is 0. The van der Waals surface area contributed by atoms with Crippen molar-refractivity contribution in [2.75, 3.05) is 18.4 Å². The van der Waals surface area contributed by atoms with E-state index >= 15 is 0 Å². The Hall–Kier alpha value is -2.11. The van der Waals surface area contributed by atoms with Crippen LogP contribution in [0.3, 0.4) is 0 Å². The molecule has 0 fully saturated rings. The van der Waals surface area contributed by atoms with Crippen LogP contribution in [0.4, 0.5) is 5.69 Å². The molecule has 0 saturated carbocycles. The van der Waals surface area contributed by atoms with Crippen LogP contribution in [-0.4, -0.2) is 29.9 Å². The monoisotopic (exact) mass is 264 g/mol. The summed E-state index contributed by atoms with van der Waals surface area (Å²) in [4.78, 5) is 27.1. The number of amides is 2. The highest BCUT2D eigenvalue weighted by atomic mass is 16.2. The number of hydrogen-bond donors (Lipinski definition) is 3. The van der Waals surface area contributed by atoms with Gasteiger partial charge in [-0.25, -0.2) is 0 Å². The minimum Gasteiger partial charge on any atom is -0.385 e. The lowest BCUT2D eigenvalue weighted by atomic mass is 9.93. The lowest BCUT2D eigenvalue weighted by Gasteiger charge is -2.20. The van der Waals surface area contributed by atoms with E-state index < -0.39 is 11.3 Å². The summed E-state index contributed by atoms with van der Waals surface area (Å²) in [7, 11) is 0. The van der Waals surface area contributed by atoms with Crippen molar-refractivity contribution in [3.8, 4) is 0 Å². The van der Waals surface area contributed by atoms with Gasteiger partial charge in [0.1, 0.15) is 5.69 Å². The smallest absolute Gasteiger partial charge is 0.269 e. The van der Waals surface area contributed by atoms with E-state index in [1.165, 1.54) is 0 Å². The second-order valence-corrected chi connectivity index (χ2v) is 4.89. The normalized spacial score (nSPS) is 10.9. The molecule has 6 nitrogen and oxygen atoms in total. The van der Waals surface area contributed by atoms with Gasteiger partial charge < -0.3 is 16.4 Å². The molecule has 1 aromatic rings. The molecule has 0 unspecified atom stereocenters. The van der Waals surface area contributed by atoms with Crippen molar-refractivity contribution in [3.05, 3.63) is 24.0 Å². The van der Waals surface area contributed by atoms with Crippen molar-refractivity contribution in [1.82, 2.24) is 10.3 Å². The highest BCUT2D eigenvalue weighted by molar-refractivity contribution is 5.93. The van der Waals surface area contributed by atoms with Crippen LogP contribution in [0.15, 0.2) is 18.3 Å². The van der Waals surface area contributed by atoms with E-state index in [0.29, 0.717) is 5.69 Å². The van der Waals surface area contributed by atoms with Crippen molar-refractivity contribution in [1.29, 1.82) is 0 Å². The topological polar surface area (TPSA) is 97.1 Å². The van der Waals surface area contributed by atoms with E-state index in [1.54, 1.807) is 32.2 Å². The summed E-state index contributed by atoms with van der Waals surface area (Å²) in [5.41, 5.74) is 5.59. The molecule has 0 aliphatic rings. The number of carbonyl (C=O) groups is 2. The lowest BCUT2D eigenvalue weighted by Crippen LogP contribution is -2.42. The fourth-order valence-corrected chi connectivity index (χ4v) is 1.35. The quantitative estimate of drug-likeness (QED) is 0.706. The van der Waals surface area contributed by atoms with E-state index in [0.717, 1.165) is 12.2 Å². The predicted octanol–water partition coefficient (Wildman–Crippen LogP) is 0.755. The molecular formula is C13H20N4O2. The van der Waals surface area contributed by atoms with Crippen LogP contribution in [0.25, 0.3) is 0 Å². The number of nitrogens with two attached hydrogens (primary N) is 1. The zero-order valence-electron chi connectivity index (χ0n) is 11.5. The molecule has 0 aliphatic carbocycles. The minimum absolute atomic E-state index is 0.175. The maximum Gasteiger partial charge on any atom is 0.269 e. The number of nitrogens with one attached hydrogen (secondary N) is 2. The minimum atomic E-state index is -0.783. The molecule has 19 heavy (non-hydrogen) atoms. The van der Waals surface area contributed by atoms with Crippen LogP contribution >= 0.6 is 0 Å². The first kappa shape index (κ1) is 14.9. The molecule has 0 aliphatic heterocycles. The lowest BCUT2D eigenvalue weighted by molar-refractivity contribution is -0.125. The van der Waals surface area contributed by atoms with Gasteiger partial charge in [-0.05, 0) is 32.9 Å². The van der Waals surface area contributed by atoms with Crippen LogP contribution in [0.1, 0.15) is 31.3 Å². The van der Waals surface area contributed by atoms with Crippen LogP contribution in [0.2, 0.25) is 0 Å². The average molecular weight is 264 g/mol. The van der Waals surface area contributed by atoms with E-state index in [1.807, 2.05) is 6.92 Å². The number of nitrogens with zero attached hydrogens (tertiary/aromatic N) is 1. The maximum atomic E-state index is 11.9. The Morgan fingerprint density at radius 1 is 1.42 bits per heavy atom. The van der Waals surface area contributed by atoms with Gasteiger partial charge in [0.2, 0.25) is 5.91 Å². The molecule has 1 aromatic heterocycles. The number of hydrogen-bond acceptors (Lipinski definition) is 4. The Labute approximate surface area is 112 Å². The molecule has 0 radical (unpaired) electrons. The first-order chi connectivity index (χ1) is 8.86. The van der Waals surface area contributed by atoms with Crippen LogP contribution < -0.4 is 16.4 Å². The number of primary amides is 1. The summed E-state index contributed by atoms with van der Waals surface area (Å²) in [5.74, 6) is -0.781. The van der Waals surface area contributed by atoms with Gasteiger partial charge in [0.25, 0.3) is 5.91 Å². The number of aromatic nitrogens is 1. The second kappa shape index (κ2) is 6.17. The predicted molar refractivity (Wildman–Crippen MR) is 73.7 cm³/mol. The van der Waals surface area contributed by atoms with Crippen molar-refractivity contribution in [2.45, 2.75) is 20.8 Å². The van der Waals surface area contributed by atoms with Gasteiger partial charge in [-0.2, -0.15) is 0 Å². The molecule has 1 rings (SSSR count). The molecule has 0 aromatic carbocycles. The Morgan fingerprint density at radius 3 is 2.68 bits per heavy atom. The van der Waals surface area contributed by atoms with Crippen molar-refractivity contribution in [2.24, 2.45) is 11.1 Å². The van der Waals surface area contributed by atoms with Gasteiger partial charge in [-0.15, -0.1) is 0 Å². The molecule has 2 amide bonds. The Kier molecular flexibility index (Phi) is 4.86. The standard InChI is InChI=1S/C13H20N4O2/c1-4-15-9-5-6-16-10(7-9)11(18)17-8-13(2,3)12(14)19/h5-7H,4,8H2,1-3H3,(H2,14,19)(H,15,16)(H,17,18). The number of carbonyl (C=O) groups excluding carboxylic acids is 2. The SMILES string of the molecule is CCNc1ccnc(C(=O)NCC(C)(C)C(N)=O)c1. The maximum absolute atomic E-state index is 11.9. The third kappa shape index (κ3) is 4.24. The van der Waals surface area contributed by atoms with E-state index in [2.05, 4.69) is 15.6 Å². The molecule has 0 spiro atoms. The Balaban J connectivity index is 2.68. The largest absolute Gasteiger partial charge is 0.385 e. The van der Waals surface area contributed by atoms with Crippen LogP contribution in [-0.2, 0) is 4.79 Å². The molecule has 0 atom stereocenters. The zero-order chi connectivity index (χ0) is 14.5. The second-order valence-electron chi connectivity index (χ2n) is 4.89. The molecule has 0 bridgehead atoms. The third-order valence-corrected chi connectivity index (χ3v) is 2.73. The van der Waals surface area contributed by atoms with Crippen LogP contribution in [0, 0.1) is 5.41 Å². The molecule has 0 saturated heterocycles. The van der Waals surface area contributed by atoms with Crippen LogP contribution in [0.5, 0.6) is 0 Å².